The van der Waals surface area contributed by atoms with Crippen LogP contribution in [0.5, 0.6) is 5.75 Å². The molecule has 1 aromatic carbocycles. The van der Waals surface area contributed by atoms with Gasteiger partial charge in [-0.05, 0) is 43.5 Å². The quantitative estimate of drug-likeness (QED) is 0.781. The van der Waals surface area contributed by atoms with Crippen molar-refractivity contribution in [2.75, 3.05) is 26.3 Å². The van der Waals surface area contributed by atoms with Gasteiger partial charge in [0.05, 0.1) is 24.8 Å². The van der Waals surface area contributed by atoms with Crippen molar-refractivity contribution in [1.29, 1.82) is 5.26 Å². The number of carbonyl (C=O) groups excluding carboxylic acids is 1. The van der Waals surface area contributed by atoms with Crippen LogP contribution in [0.1, 0.15) is 31.2 Å². The van der Waals surface area contributed by atoms with Gasteiger partial charge < -0.3 is 14.4 Å². The van der Waals surface area contributed by atoms with Crippen molar-refractivity contribution in [3.8, 4) is 11.8 Å². The highest BCUT2D eigenvalue weighted by molar-refractivity contribution is 5.67. The molecule has 5 heteroatoms. The molecule has 1 aromatic rings. The summed E-state index contributed by atoms with van der Waals surface area (Å²) in [6.07, 6.45) is 3.77. The second-order valence-corrected chi connectivity index (χ2v) is 5.00. The van der Waals surface area contributed by atoms with E-state index in [0.717, 1.165) is 31.7 Å². The summed E-state index contributed by atoms with van der Waals surface area (Å²) in [4.78, 5) is 13.5. The van der Waals surface area contributed by atoms with Gasteiger partial charge in [0.2, 0.25) is 0 Å². The molecule has 112 valence electrons. The van der Waals surface area contributed by atoms with Gasteiger partial charge in [-0.3, -0.25) is 0 Å². The number of carbonyl (C=O) groups is 1. The molecule has 1 aliphatic heterocycles. The van der Waals surface area contributed by atoms with Crippen LogP contribution in [0.2, 0.25) is 0 Å². The molecule has 0 bridgehead atoms. The predicted molar refractivity (Wildman–Crippen MR) is 78.0 cm³/mol. The topological polar surface area (TPSA) is 62.6 Å². The first kappa shape index (κ1) is 15.2. The number of rotatable bonds is 5. The second-order valence-electron chi connectivity index (χ2n) is 5.00. The SMILES string of the molecule is N#Cc1ccc(OCCCOC(=O)N2CCCCC2)cc1. The minimum Gasteiger partial charge on any atom is -0.493 e. The standard InChI is InChI=1S/C16H20N2O3/c17-13-14-5-7-15(8-6-14)20-11-4-12-21-16(19)18-9-2-1-3-10-18/h5-8H,1-4,9-12H2. The maximum Gasteiger partial charge on any atom is 0.409 e. The zero-order valence-corrected chi connectivity index (χ0v) is 12.1. The average Bonchev–Trinajstić information content (AvgIpc) is 2.55. The third kappa shape index (κ3) is 4.99. The molecular formula is C16H20N2O3. The van der Waals surface area contributed by atoms with Crippen LogP contribution in [-0.4, -0.2) is 37.3 Å². The summed E-state index contributed by atoms with van der Waals surface area (Å²) < 4.78 is 10.7. The number of nitrogens with zero attached hydrogens (tertiary/aromatic N) is 2. The number of nitriles is 1. The molecule has 1 aliphatic rings. The van der Waals surface area contributed by atoms with Crippen LogP contribution >= 0.6 is 0 Å². The first-order valence-electron chi connectivity index (χ1n) is 7.34. The fraction of sp³-hybridized carbons (Fsp3) is 0.500. The predicted octanol–water partition coefficient (Wildman–Crippen LogP) is 2.95. The molecule has 0 spiro atoms. The van der Waals surface area contributed by atoms with Gasteiger partial charge in [-0.2, -0.15) is 5.26 Å². The summed E-state index contributed by atoms with van der Waals surface area (Å²) in [5.41, 5.74) is 0.609. The van der Waals surface area contributed by atoms with E-state index in [2.05, 4.69) is 6.07 Å². The summed E-state index contributed by atoms with van der Waals surface area (Å²) in [7, 11) is 0. The normalized spacial score (nSPS) is 14.3. The van der Waals surface area contributed by atoms with E-state index in [4.69, 9.17) is 14.7 Å². The molecule has 5 nitrogen and oxygen atoms in total. The molecule has 1 saturated heterocycles. The Morgan fingerprint density at radius 3 is 2.52 bits per heavy atom. The van der Waals surface area contributed by atoms with E-state index in [1.165, 1.54) is 6.42 Å². The van der Waals surface area contributed by atoms with Gasteiger partial charge in [0, 0.05) is 19.5 Å². The van der Waals surface area contributed by atoms with Crippen molar-refractivity contribution in [2.45, 2.75) is 25.7 Å². The lowest BCUT2D eigenvalue weighted by Crippen LogP contribution is -2.36. The zero-order valence-electron chi connectivity index (χ0n) is 12.1. The Morgan fingerprint density at radius 2 is 1.86 bits per heavy atom. The Labute approximate surface area is 125 Å². The van der Waals surface area contributed by atoms with E-state index in [1.54, 1.807) is 29.2 Å². The molecule has 1 heterocycles. The molecule has 0 unspecified atom stereocenters. The van der Waals surface area contributed by atoms with Gasteiger partial charge >= 0.3 is 6.09 Å². The van der Waals surface area contributed by atoms with Crippen LogP contribution in [0.3, 0.4) is 0 Å². The molecular weight excluding hydrogens is 268 g/mol. The molecule has 0 N–H and O–H groups in total. The summed E-state index contributed by atoms with van der Waals surface area (Å²) in [6, 6.07) is 9.01. The van der Waals surface area contributed by atoms with Gasteiger partial charge in [-0.1, -0.05) is 0 Å². The molecule has 0 aliphatic carbocycles. The van der Waals surface area contributed by atoms with Crippen molar-refractivity contribution in [2.24, 2.45) is 0 Å². The molecule has 21 heavy (non-hydrogen) atoms. The van der Waals surface area contributed by atoms with E-state index >= 15 is 0 Å². The lowest BCUT2D eigenvalue weighted by atomic mass is 10.1. The number of piperidine rings is 1. The number of benzene rings is 1. The Balaban J connectivity index is 1.59. The summed E-state index contributed by atoms with van der Waals surface area (Å²) in [5.74, 6) is 0.719. The minimum atomic E-state index is -0.215. The van der Waals surface area contributed by atoms with E-state index in [0.29, 0.717) is 25.2 Å². The van der Waals surface area contributed by atoms with Crippen molar-refractivity contribution in [3.63, 3.8) is 0 Å². The highest BCUT2D eigenvalue weighted by atomic mass is 16.6. The number of hydrogen-bond donors (Lipinski definition) is 0. The second kappa shape index (κ2) is 8.15. The van der Waals surface area contributed by atoms with E-state index in [9.17, 15) is 4.79 Å². The van der Waals surface area contributed by atoms with Crippen LogP contribution in [0.15, 0.2) is 24.3 Å². The van der Waals surface area contributed by atoms with Crippen molar-refractivity contribution >= 4 is 6.09 Å². The first-order valence-corrected chi connectivity index (χ1v) is 7.34. The zero-order chi connectivity index (χ0) is 14.9. The van der Waals surface area contributed by atoms with Gasteiger partial charge in [-0.15, -0.1) is 0 Å². The summed E-state index contributed by atoms with van der Waals surface area (Å²) in [5, 5.41) is 8.69. The van der Waals surface area contributed by atoms with Crippen LogP contribution in [0, 0.1) is 11.3 Å². The molecule has 1 fully saturated rings. The highest BCUT2D eigenvalue weighted by Crippen LogP contribution is 2.12. The fourth-order valence-electron chi connectivity index (χ4n) is 2.20. The minimum absolute atomic E-state index is 0.215. The van der Waals surface area contributed by atoms with Gasteiger partial charge in [-0.25, -0.2) is 4.79 Å². The van der Waals surface area contributed by atoms with E-state index in [-0.39, 0.29) is 6.09 Å². The average molecular weight is 288 g/mol. The third-order valence-electron chi connectivity index (χ3n) is 3.38. The van der Waals surface area contributed by atoms with Gasteiger partial charge in [0.25, 0.3) is 0 Å². The Kier molecular flexibility index (Phi) is 5.89. The van der Waals surface area contributed by atoms with Crippen LogP contribution in [-0.2, 0) is 4.74 Å². The Bertz CT molecular complexity index is 487. The number of ether oxygens (including phenoxy) is 2. The molecule has 2 rings (SSSR count). The van der Waals surface area contributed by atoms with Gasteiger partial charge in [0.15, 0.2) is 0 Å². The van der Waals surface area contributed by atoms with Crippen LogP contribution in [0.25, 0.3) is 0 Å². The summed E-state index contributed by atoms with van der Waals surface area (Å²) >= 11 is 0. The molecule has 1 amide bonds. The maximum absolute atomic E-state index is 11.7. The molecule has 0 saturated carbocycles. The Morgan fingerprint density at radius 1 is 1.14 bits per heavy atom. The highest BCUT2D eigenvalue weighted by Gasteiger charge is 2.17. The fourth-order valence-corrected chi connectivity index (χ4v) is 2.20. The van der Waals surface area contributed by atoms with Crippen molar-refractivity contribution < 1.29 is 14.3 Å². The number of likely N-dealkylation sites (tertiary alicyclic amines) is 1. The van der Waals surface area contributed by atoms with Gasteiger partial charge in [0.1, 0.15) is 5.75 Å². The molecule has 0 atom stereocenters. The number of hydrogen-bond acceptors (Lipinski definition) is 4. The van der Waals surface area contributed by atoms with E-state index < -0.39 is 0 Å². The number of amides is 1. The van der Waals surface area contributed by atoms with Crippen molar-refractivity contribution in [3.05, 3.63) is 29.8 Å². The third-order valence-corrected chi connectivity index (χ3v) is 3.38. The first-order chi connectivity index (χ1) is 10.3. The van der Waals surface area contributed by atoms with E-state index in [1.807, 2.05) is 0 Å². The lowest BCUT2D eigenvalue weighted by molar-refractivity contribution is 0.0904. The van der Waals surface area contributed by atoms with Crippen LogP contribution < -0.4 is 4.74 Å². The Hall–Kier alpha value is -2.22. The van der Waals surface area contributed by atoms with Crippen LogP contribution in [0.4, 0.5) is 4.79 Å². The smallest absolute Gasteiger partial charge is 0.409 e. The monoisotopic (exact) mass is 288 g/mol. The molecule has 0 radical (unpaired) electrons. The van der Waals surface area contributed by atoms with Crippen molar-refractivity contribution in [1.82, 2.24) is 4.90 Å². The molecule has 0 aromatic heterocycles. The summed E-state index contributed by atoms with van der Waals surface area (Å²) in [6.45, 7) is 2.46. The maximum atomic E-state index is 11.7. The lowest BCUT2D eigenvalue weighted by Gasteiger charge is -2.25. The largest absolute Gasteiger partial charge is 0.493 e.